The highest BCUT2D eigenvalue weighted by Crippen LogP contribution is 2.42. The number of aryl methyl sites for hydroxylation is 1. The first-order chi connectivity index (χ1) is 7.27. The van der Waals surface area contributed by atoms with Gasteiger partial charge in [0.1, 0.15) is 0 Å². The molecule has 2 aliphatic rings. The van der Waals surface area contributed by atoms with Crippen molar-refractivity contribution in [1.82, 2.24) is 5.32 Å². The summed E-state index contributed by atoms with van der Waals surface area (Å²) >= 11 is 0. The smallest absolute Gasteiger partial charge is 0.0346 e. The van der Waals surface area contributed by atoms with Crippen LogP contribution in [0.5, 0.6) is 0 Å². The van der Waals surface area contributed by atoms with Crippen molar-refractivity contribution in [3.63, 3.8) is 0 Å². The molecule has 2 unspecified atom stereocenters. The van der Waals surface area contributed by atoms with E-state index in [0.29, 0.717) is 12.0 Å². The minimum absolute atomic E-state index is 0.578. The first kappa shape index (κ1) is 9.41. The second kappa shape index (κ2) is 3.34. The summed E-state index contributed by atoms with van der Waals surface area (Å²) in [6.07, 6.45) is 2.64. The average Bonchev–Trinajstić information content (AvgIpc) is 2.64. The minimum atomic E-state index is 0.578. The Kier molecular flexibility index (Phi) is 2.10. The lowest BCUT2D eigenvalue weighted by Crippen LogP contribution is -2.34. The third kappa shape index (κ3) is 1.33. The lowest BCUT2D eigenvalue weighted by Gasteiger charge is -2.33. The summed E-state index contributed by atoms with van der Waals surface area (Å²) in [5.41, 5.74) is 4.89. The van der Waals surface area contributed by atoms with Crippen LogP contribution in [0.1, 0.15) is 48.9 Å². The molecule has 1 heteroatoms. The van der Waals surface area contributed by atoms with Crippen molar-refractivity contribution < 1.29 is 0 Å². The normalized spacial score (nSPS) is 28.2. The molecule has 1 heterocycles. The van der Waals surface area contributed by atoms with Crippen molar-refractivity contribution in [2.75, 3.05) is 6.54 Å². The van der Waals surface area contributed by atoms with Gasteiger partial charge in [0.25, 0.3) is 0 Å². The number of hydrogen-bond acceptors (Lipinski definition) is 1. The molecule has 0 radical (unpaired) electrons. The molecule has 15 heavy (non-hydrogen) atoms. The monoisotopic (exact) mass is 201 g/mol. The summed E-state index contributed by atoms with van der Waals surface area (Å²) < 4.78 is 0. The Labute approximate surface area is 91.9 Å². The predicted molar refractivity (Wildman–Crippen MR) is 63.1 cm³/mol. The summed E-state index contributed by atoms with van der Waals surface area (Å²) in [7, 11) is 0. The van der Waals surface area contributed by atoms with Gasteiger partial charge in [-0.15, -0.1) is 0 Å². The topological polar surface area (TPSA) is 12.0 Å². The first-order valence-corrected chi connectivity index (χ1v) is 6.12. The molecule has 1 aliphatic carbocycles. The second-order valence-corrected chi connectivity index (χ2v) is 5.29. The van der Waals surface area contributed by atoms with E-state index < -0.39 is 0 Å². The van der Waals surface area contributed by atoms with Gasteiger partial charge < -0.3 is 5.32 Å². The molecule has 0 aromatic heterocycles. The van der Waals surface area contributed by atoms with Crippen LogP contribution in [-0.4, -0.2) is 6.54 Å². The Balaban J connectivity index is 2.12. The van der Waals surface area contributed by atoms with Crippen LogP contribution < -0.4 is 5.32 Å². The van der Waals surface area contributed by atoms with Gasteiger partial charge in [0.05, 0.1) is 0 Å². The Morgan fingerprint density at radius 2 is 2.20 bits per heavy atom. The fourth-order valence-corrected chi connectivity index (χ4v) is 3.27. The van der Waals surface area contributed by atoms with Gasteiger partial charge in [0, 0.05) is 12.6 Å². The molecule has 0 saturated carbocycles. The maximum Gasteiger partial charge on any atom is 0.0346 e. The zero-order valence-electron chi connectivity index (χ0n) is 9.59. The van der Waals surface area contributed by atoms with E-state index >= 15 is 0 Å². The highest BCUT2D eigenvalue weighted by Gasteiger charge is 2.33. The molecular formula is C14H19N. The molecule has 0 saturated heterocycles. The fourth-order valence-electron chi connectivity index (χ4n) is 3.27. The van der Waals surface area contributed by atoms with E-state index in [1.807, 2.05) is 0 Å². The molecule has 1 aliphatic heterocycles. The summed E-state index contributed by atoms with van der Waals surface area (Å²) in [4.78, 5) is 0. The summed E-state index contributed by atoms with van der Waals surface area (Å²) in [6.45, 7) is 5.81. The molecule has 0 amide bonds. The number of rotatable bonds is 1. The van der Waals surface area contributed by atoms with Gasteiger partial charge in [-0.25, -0.2) is 0 Å². The minimum Gasteiger partial charge on any atom is -0.309 e. The maximum atomic E-state index is 3.71. The van der Waals surface area contributed by atoms with Crippen LogP contribution in [0.2, 0.25) is 0 Å². The fraction of sp³-hybridized carbons (Fsp3) is 0.571. The van der Waals surface area contributed by atoms with Gasteiger partial charge in [0.2, 0.25) is 0 Å². The van der Waals surface area contributed by atoms with E-state index in [1.165, 1.54) is 19.4 Å². The maximum absolute atomic E-state index is 3.71. The second-order valence-electron chi connectivity index (χ2n) is 5.29. The summed E-state index contributed by atoms with van der Waals surface area (Å²) in [6, 6.07) is 7.46. The predicted octanol–water partition coefficient (Wildman–Crippen LogP) is 3.02. The van der Waals surface area contributed by atoms with Gasteiger partial charge >= 0.3 is 0 Å². The van der Waals surface area contributed by atoms with E-state index in [0.717, 1.165) is 5.92 Å². The van der Waals surface area contributed by atoms with Gasteiger partial charge in [-0.2, -0.15) is 0 Å². The van der Waals surface area contributed by atoms with Crippen LogP contribution in [0.4, 0.5) is 0 Å². The van der Waals surface area contributed by atoms with Gasteiger partial charge in [-0.3, -0.25) is 0 Å². The summed E-state index contributed by atoms with van der Waals surface area (Å²) in [5, 5.41) is 3.71. The standard InChI is InChI=1S/C14H19N/c1-9(2)14-12-5-3-4-10-6-7-11(8-15-14)13(10)12/h3-5,9,11,14-15H,6-8H2,1-2H3. The van der Waals surface area contributed by atoms with Gasteiger partial charge in [-0.05, 0) is 41.4 Å². The lowest BCUT2D eigenvalue weighted by atomic mass is 9.83. The molecule has 80 valence electrons. The molecule has 1 N–H and O–H groups in total. The van der Waals surface area contributed by atoms with Crippen LogP contribution >= 0.6 is 0 Å². The van der Waals surface area contributed by atoms with E-state index in [-0.39, 0.29) is 0 Å². The molecule has 1 aromatic carbocycles. The third-order valence-electron chi connectivity index (χ3n) is 3.99. The lowest BCUT2D eigenvalue weighted by molar-refractivity contribution is 0.372. The van der Waals surface area contributed by atoms with Crippen molar-refractivity contribution in [2.24, 2.45) is 5.92 Å². The number of benzene rings is 1. The van der Waals surface area contributed by atoms with E-state index in [1.54, 1.807) is 16.7 Å². The third-order valence-corrected chi connectivity index (χ3v) is 3.99. The molecule has 0 spiro atoms. The van der Waals surface area contributed by atoms with Crippen LogP contribution in [0.3, 0.4) is 0 Å². The Bertz CT molecular complexity index is 381. The molecular weight excluding hydrogens is 182 g/mol. The van der Waals surface area contributed by atoms with Crippen molar-refractivity contribution >= 4 is 0 Å². The van der Waals surface area contributed by atoms with Crippen LogP contribution in [0, 0.1) is 5.92 Å². The zero-order chi connectivity index (χ0) is 10.4. The van der Waals surface area contributed by atoms with E-state index in [9.17, 15) is 0 Å². The Hall–Kier alpha value is -0.820. The van der Waals surface area contributed by atoms with Gasteiger partial charge in [-0.1, -0.05) is 32.0 Å². The van der Waals surface area contributed by atoms with Crippen molar-refractivity contribution in [2.45, 2.75) is 38.6 Å². The van der Waals surface area contributed by atoms with Crippen LogP contribution in [-0.2, 0) is 6.42 Å². The average molecular weight is 201 g/mol. The zero-order valence-corrected chi connectivity index (χ0v) is 9.59. The molecule has 0 fully saturated rings. The SMILES string of the molecule is CC(C)C1NCC2CCc3cccc1c32. The Morgan fingerprint density at radius 1 is 1.33 bits per heavy atom. The quantitative estimate of drug-likeness (QED) is 0.736. The molecule has 2 atom stereocenters. The summed E-state index contributed by atoms with van der Waals surface area (Å²) in [5.74, 6) is 1.49. The van der Waals surface area contributed by atoms with Crippen LogP contribution in [0.15, 0.2) is 18.2 Å². The highest BCUT2D eigenvalue weighted by atomic mass is 14.9. The Morgan fingerprint density at radius 3 is 3.00 bits per heavy atom. The first-order valence-electron chi connectivity index (χ1n) is 6.12. The van der Waals surface area contributed by atoms with E-state index in [2.05, 4.69) is 37.4 Å². The van der Waals surface area contributed by atoms with Crippen molar-refractivity contribution in [3.8, 4) is 0 Å². The molecule has 1 aromatic rings. The number of nitrogens with one attached hydrogen (secondary N) is 1. The van der Waals surface area contributed by atoms with Gasteiger partial charge in [0.15, 0.2) is 0 Å². The largest absolute Gasteiger partial charge is 0.309 e. The van der Waals surface area contributed by atoms with Crippen LogP contribution in [0.25, 0.3) is 0 Å². The van der Waals surface area contributed by atoms with E-state index in [4.69, 9.17) is 0 Å². The highest BCUT2D eigenvalue weighted by molar-refractivity contribution is 5.45. The van der Waals surface area contributed by atoms with Crippen molar-refractivity contribution in [3.05, 3.63) is 34.9 Å². The van der Waals surface area contributed by atoms with Crippen molar-refractivity contribution in [1.29, 1.82) is 0 Å². The molecule has 3 rings (SSSR count). The molecule has 0 bridgehead atoms. The number of hydrogen-bond donors (Lipinski definition) is 1. The molecule has 1 nitrogen and oxygen atoms in total.